The first-order valence-electron chi connectivity index (χ1n) is 10.3. The minimum absolute atomic E-state index is 0.0144. The first-order valence-corrected chi connectivity index (χ1v) is 11.8. The highest BCUT2D eigenvalue weighted by molar-refractivity contribution is 7.89. The molecule has 0 unspecified atom stereocenters. The molecule has 3 rings (SSSR count). The molecule has 0 aliphatic heterocycles. The third-order valence-corrected chi connectivity index (χ3v) is 6.82. The van der Waals surface area contributed by atoms with E-state index in [1.165, 1.54) is 12.1 Å². The SMILES string of the molecule is Cc1cc(C)cc(OCCN(C)C(=O)c2cccc(S(=O)(=O)NC3CCCC3)c2)c1. The normalized spacial score (nSPS) is 14.6. The number of sulfonamides is 1. The van der Waals surface area contributed by atoms with E-state index in [1.54, 1.807) is 24.1 Å². The van der Waals surface area contributed by atoms with Crippen molar-refractivity contribution in [1.29, 1.82) is 0 Å². The molecule has 6 nitrogen and oxygen atoms in total. The minimum Gasteiger partial charge on any atom is -0.492 e. The van der Waals surface area contributed by atoms with Crippen molar-refractivity contribution in [2.45, 2.75) is 50.5 Å². The fourth-order valence-corrected chi connectivity index (χ4v) is 5.12. The Hall–Kier alpha value is -2.38. The van der Waals surface area contributed by atoms with Gasteiger partial charge >= 0.3 is 0 Å². The lowest BCUT2D eigenvalue weighted by atomic mass is 10.1. The largest absolute Gasteiger partial charge is 0.492 e. The van der Waals surface area contributed by atoms with Crippen LogP contribution in [0.3, 0.4) is 0 Å². The molecule has 1 fully saturated rings. The summed E-state index contributed by atoms with van der Waals surface area (Å²) in [4.78, 5) is 14.4. The molecule has 0 bridgehead atoms. The van der Waals surface area contributed by atoms with Crippen LogP contribution < -0.4 is 9.46 Å². The molecule has 7 heteroatoms. The molecular weight excluding hydrogens is 400 g/mol. The highest BCUT2D eigenvalue weighted by Crippen LogP contribution is 2.21. The number of benzene rings is 2. The van der Waals surface area contributed by atoms with Crippen LogP contribution in [0.5, 0.6) is 5.75 Å². The molecule has 0 aromatic heterocycles. The van der Waals surface area contributed by atoms with Crippen LogP contribution in [-0.2, 0) is 10.0 Å². The van der Waals surface area contributed by atoms with Crippen LogP contribution in [-0.4, -0.2) is 45.5 Å². The van der Waals surface area contributed by atoms with Crippen LogP contribution in [0.15, 0.2) is 47.4 Å². The molecule has 1 amide bonds. The molecule has 0 radical (unpaired) electrons. The van der Waals surface area contributed by atoms with E-state index in [2.05, 4.69) is 10.8 Å². The van der Waals surface area contributed by atoms with Crippen molar-refractivity contribution in [3.8, 4) is 5.75 Å². The van der Waals surface area contributed by atoms with Gasteiger partial charge in [0.15, 0.2) is 0 Å². The summed E-state index contributed by atoms with van der Waals surface area (Å²) in [7, 11) is -1.95. The second-order valence-corrected chi connectivity index (χ2v) is 9.74. The van der Waals surface area contributed by atoms with Gasteiger partial charge in [0.2, 0.25) is 10.0 Å². The zero-order chi connectivity index (χ0) is 21.7. The Morgan fingerprint density at radius 2 is 1.77 bits per heavy atom. The van der Waals surface area contributed by atoms with Gasteiger partial charge in [-0.2, -0.15) is 0 Å². The second-order valence-electron chi connectivity index (χ2n) is 8.03. The Kier molecular flexibility index (Phi) is 7.15. The van der Waals surface area contributed by atoms with Gasteiger partial charge in [-0.3, -0.25) is 4.79 Å². The van der Waals surface area contributed by atoms with Gasteiger partial charge in [-0.15, -0.1) is 0 Å². The topological polar surface area (TPSA) is 75.7 Å². The lowest BCUT2D eigenvalue weighted by Crippen LogP contribution is -2.33. The summed E-state index contributed by atoms with van der Waals surface area (Å²) in [6, 6.07) is 12.2. The number of nitrogens with zero attached hydrogens (tertiary/aromatic N) is 1. The highest BCUT2D eigenvalue weighted by Gasteiger charge is 2.24. The van der Waals surface area contributed by atoms with Crippen molar-refractivity contribution >= 4 is 15.9 Å². The summed E-state index contributed by atoms with van der Waals surface area (Å²) < 4.78 is 33.9. The molecule has 0 atom stereocenters. The molecule has 162 valence electrons. The number of aryl methyl sites for hydroxylation is 2. The maximum Gasteiger partial charge on any atom is 0.253 e. The van der Waals surface area contributed by atoms with Crippen molar-refractivity contribution < 1.29 is 17.9 Å². The number of carbonyl (C=O) groups excluding carboxylic acids is 1. The van der Waals surface area contributed by atoms with Crippen LogP contribution in [0.25, 0.3) is 0 Å². The number of rotatable bonds is 8. The monoisotopic (exact) mass is 430 g/mol. The summed E-state index contributed by atoms with van der Waals surface area (Å²) in [5.41, 5.74) is 2.59. The molecule has 30 heavy (non-hydrogen) atoms. The van der Waals surface area contributed by atoms with Crippen LogP contribution in [0, 0.1) is 13.8 Å². The number of nitrogens with one attached hydrogen (secondary N) is 1. The van der Waals surface area contributed by atoms with E-state index in [0.717, 1.165) is 42.6 Å². The number of amides is 1. The summed E-state index contributed by atoms with van der Waals surface area (Å²) in [6.45, 7) is 4.77. The van der Waals surface area contributed by atoms with Gasteiger partial charge in [-0.1, -0.05) is 25.0 Å². The van der Waals surface area contributed by atoms with Crippen molar-refractivity contribution in [2.24, 2.45) is 0 Å². The van der Waals surface area contributed by atoms with Crippen LogP contribution in [0.1, 0.15) is 47.2 Å². The van der Waals surface area contributed by atoms with E-state index in [1.807, 2.05) is 26.0 Å². The maximum atomic E-state index is 12.8. The van der Waals surface area contributed by atoms with Gasteiger partial charge in [-0.25, -0.2) is 13.1 Å². The number of likely N-dealkylation sites (N-methyl/N-ethyl adjacent to an activating group) is 1. The van der Waals surface area contributed by atoms with E-state index in [9.17, 15) is 13.2 Å². The standard InChI is InChI=1S/C23H30N2O4S/c1-17-13-18(2)15-21(14-17)29-12-11-25(3)23(26)19-7-6-10-22(16-19)30(27,28)24-20-8-4-5-9-20/h6-7,10,13-16,20,24H,4-5,8-9,11-12H2,1-3H3. The fraction of sp³-hybridized carbons (Fsp3) is 0.435. The Balaban J connectivity index is 1.60. The van der Waals surface area contributed by atoms with Crippen LogP contribution >= 0.6 is 0 Å². The third-order valence-electron chi connectivity index (χ3n) is 5.31. The van der Waals surface area contributed by atoms with Crippen LogP contribution in [0.4, 0.5) is 0 Å². The Morgan fingerprint density at radius 3 is 2.43 bits per heavy atom. The van der Waals surface area contributed by atoms with E-state index >= 15 is 0 Å². The summed E-state index contributed by atoms with van der Waals surface area (Å²) in [6.07, 6.45) is 3.81. The Labute approximate surface area is 179 Å². The average molecular weight is 431 g/mol. The van der Waals surface area contributed by atoms with Crippen molar-refractivity contribution in [2.75, 3.05) is 20.2 Å². The average Bonchev–Trinajstić information content (AvgIpc) is 3.19. The lowest BCUT2D eigenvalue weighted by Gasteiger charge is -2.18. The van der Waals surface area contributed by atoms with Gasteiger partial charge in [0, 0.05) is 18.7 Å². The molecule has 1 aliphatic carbocycles. The first-order chi connectivity index (χ1) is 14.2. The van der Waals surface area contributed by atoms with Gasteiger partial charge < -0.3 is 9.64 Å². The van der Waals surface area contributed by atoms with Crippen molar-refractivity contribution in [3.05, 3.63) is 59.2 Å². The summed E-state index contributed by atoms with van der Waals surface area (Å²) in [5, 5.41) is 0. The smallest absolute Gasteiger partial charge is 0.253 e. The molecule has 2 aromatic rings. The molecular formula is C23H30N2O4S. The van der Waals surface area contributed by atoms with Crippen molar-refractivity contribution in [3.63, 3.8) is 0 Å². The first kappa shape index (κ1) is 22.3. The van der Waals surface area contributed by atoms with Crippen LogP contribution in [0.2, 0.25) is 0 Å². The number of ether oxygens (including phenoxy) is 1. The molecule has 2 aromatic carbocycles. The third kappa shape index (κ3) is 5.83. The molecule has 1 N–H and O–H groups in total. The highest BCUT2D eigenvalue weighted by atomic mass is 32.2. The van der Waals surface area contributed by atoms with E-state index in [0.29, 0.717) is 18.7 Å². The minimum atomic E-state index is -3.63. The van der Waals surface area contributed by atoms with E-state index in [4.69, 9.17) is 4.74 Å². The summed E-state index contributed by atoms with van der Waals surface area (Å²) in [5.74, 6) is 0.538. The Bertz CT molecular complexity index is 978. The number of hydrogen-bond acceptors (Lipinski definition) is 4. The quantitative estimate of drug-likeness (QED) is 0.693. The summed E-state index contributed by atoms with van der Waals surface area (Å²) >= 11 is 0. The molecule has 0 saturated heterocycles. The Morgan fingerprint density at radius 1 is 1.10 bits per heavy atom. The zero-order valence-electron chi connectivity index (χ0n) is 17.8. The predicted octanol–water partition coefficient (Wildman–Crippen LogP) is 3.68. The van der Waals surface area contributed by atoms with Gasteiger partial charge in [0.25, 0.3) is 5.91 Å². The molecule has 0 heterocycles. The fourth-order valence-electron chi connectivity index (χ4n) is 3.77. The van der Waals surface area contributed by atoms with Gasteiger partial charge in [-0.05, 0) is 68.1 Å². The van der Waals surface area contributed by atoms with E-state index < -0.39 is 10.0 Å². The molecule has 1 aliphatic rings. The second kappa shape index (κ2) is 9.62. The molecule has 0 spiro atoms. The van der Waals surface area contributed by atoms with Crippen molar-refractivity contribution in [1.82, 2.24) is 9.62 Å². The van der Waals surface area contributed by atoms with Gasteiger partial charge in [0.1, 0.15) is 12.4 Å². The van der Waals surface area contributed by atoms with E-state index in [-0.39, 0.29) is 16.8 Å². The number of carbonyl (C=O) groups is 1. The maximum absolute atomic E-state index is 12.8. The molecule has 1 saturated carbocycles. The zero-order valence-corrected chi connectivity index (χ0v) is 18.7. The lowest BCUT2D eigenvalue weighted by molar-refractivity contribution is 0.0773. The predicted molar refractivity (Wildman–Crippen MR) is 117 cm³/mol. The van der Waals surface area contributed by atoms with Gasteiger partial charge in [0.05, 0.1) is 11.4 Å². The number of hydrogen-bond donors (Lipinski definition) is 1.